The fourth-order valence-corrected chi connectivity index (χ4v) is 5.34. The van der Waals surface area contributed by atoms with Gasteiger partial charge in [0.2, 0.25) is 0 Å². The number of nitrogens with zero attached hydrogens (tertiary/aromatic N) is 2. The Morgan fingerprint density at radius 3 is 2.59 bits per heavy atom. The minimum absolute atomic E-state index is 0.00267. The van der Waals surface area contributed by atoms with Crippen molar-refractivity contribution in [3.63, 3.8) is 0 Å². The Bertz CT molecular complexity index is 894. The first kappa shape index (κ1) is 20.0. The lowest BCUT2D eigenvalue weighted by Gasteiger charge is -2.34. The molecule has 0 heterocycles. The zero-order chi connectivity index (χ0) is 20.0. The van der Waals surface area contributed by atoms with Crippen LogP contribution in [0.1, 0.15) is 50.4 Å². The Morgan fingerprint density at radius 2 is 2.04 bits per heavy atom. The van der Waals surface area contributed by atoms with Crippen molar-refractivity contribution in [2.75, 3.05) is 14.2 Å². The number of hydrogen-bond donors (Lipinski definition) is 1. The molecule has 2 saturated carbocycles. The predicted octanol–water partition coefficient (Wildman–Crippen LogP) is 2.80. The molecule has 2 bridgehead atoms. The largest absolute Gasteiger partial charge is 0.288 e. The lowest BCUT2D eigenvalue weighted by Crippen LogP contribution is -2.34. The molecule has 1 amide bonds. The van der Waals surface area contributed by atoms with E-state index in [1.165, 1.54) is 38.8 Å². The van der Waals surface area contributed by atoms with Crippen molar-refractivity contribution in [1.29, 1.82) is 0 Å². The van der Waals surface area contributed by atoms with Gasteiger partial charge in [0.1, 0.15) is 0 Å². The van der Waals surface area contributed by atoms with Crippen molar-refractivity contribution in [3.05, 3.63) is 29.8 Å². The molecule has 0 saturated heterocycles. The molecule has 0 aromatic heterocycles. The second-order valence-corrected chi connectivity index (χ2v) is 10.1. The van der Waals surface area contributed by atoms with Crippen molar-refractivity contribution in [1.82, 2.24) is 9.89 Å². The third-order valence-corrected chi connectivity index (χ3v) is 8.47. The fourth-order valence-electron chi connectivity index (χ4n) is 4.32. The zero-order valence-electron chi connectivity index (χ0n) is 16.4. The van der Waals surface area contributed by atoms with E-state index in [1.54, 1.807) is 6.07 Å². The van der Waals surface area contributed by atoms with Crippen molar-refractivity contribution < 1.29 is 18.0 Å². The fraction of sp³-hybridized carbons (Fsp3) is 0.579. The molecule has 148 valence electrons. The summed E-state index contributed by atoms with van der Waals surface area (Å²) in [6, 6.07) is 5.84. The standard InChI is InChI=1S/C19H27N3O4S/c1-18(2)14-9-10-19(18,3)16(12-14)20-21-17(23)13-7-6-8-15(11-13)27(24,25)22(4)26-5/h6-8,11,14H,9-10,12H2,1-5H3,(H,21,23)/b20-16-/t14-,19+/m0/s1. The molecule has 0 radical (unpaired) electrons. The monoisotopic (exact) mass is 393 g/mol. The van der Waals surface area contributed by atoms with Crippen molar-refractivity contribution in [2.24, 2.45) is 21.8 Å². The van der Waals surface area contributed by atoms with Crippen LogP contribution in [0.5, 0.6) is 0 Å². The summed E-state index contributed by atoms with van der Waals surface area (Å²) in [6.07, 6.45) is 3.18. The second-order valence-electron chi connectivity index (χ2n) is 8.12. The van der Waals surface area contributed by atoms with Crippen LogP contribution < -0.4 is 5.43 Å². The molecule has 1 aromatic rings. The number of amides is 1. The second kappa shape index (κ2) is 6.68. The first-order chi connectivity index (χ1) is 12.5. The van der Waals surface area contributed by atoms with Crippen molar-refractivity contribution >= 4 is 21.6 Å². The average Bonchev–Trinajstić information content (AvgIpc) is 2.98. The van der Waals surface area contributed by atoms with E-state index in [9.17, 15) is 13.2 Å². The zero-order valence-corrected chi connectivity index (χ0v) is 17.3. The van der Waals surface area contributed by atoms with Gasteiger partial charge in [0.05, 0.1) is 12.0 Å². The molecule has 2 fully saturated rings. The summed E-state index contributed by atoms with van der Waals surface area (Å²) in [6.45, 7) is 6.77. The summed E-state index contributed by atoms with van der Waals surface area (Å²) in [4.78, 5) is 17.3. The first-order valence-electron chi connectivity index (χ1n) is 9.04. The maximum atomic E-state index is 12.5. The van der Waals surface area contributed by atoms with E-state index in [0.29, 0.717) is 5.92 Å². The lowest BCUT2D eigenvalue weighted by molar-refractivity contribution is -0.0258. The van der Waals surface area contributed by atoms with Gasteiger partial charge in [-0.05, 0) is 48.8 Å². The summed E-state index contributed by atoms with van der Waals surface area (Å²) < 4.78 is 25.4. The summed E-state index contributed by atoms with van der Waals surface area (Å²) in [5.74, 6) is 0.167. The van der Waals surface area contributed by atoms with Crippen LogP contribution >= 0.6 is 0 Å². The number of hydrazone groups is 1. The van der Waals surface area contributed by atoms with Crippen LogP contribution in [0.2, 0.25) is 0 Å². The number of carbonyl (C=O) groups excluding carboxylic acids is 1. The van der Waals surface area contributed by atoms with E-state index >= 15 is 0 Å². The number of rotatable bonds is 5. The Hall–Kier alpha value is -1.77. The molecule has 3 rings (SSSR count). The first-order valence-corrected chi connectivity index (χ1v) is 10.5. The quantitative estimate of drug-likeness (QED) is 0.779. The van der Waals surface area contributed by atoms with E-state index in [2.05, 4.69) is 31.3 Å². The molecular formula is C19H27N3O4S. The molecule has 2 aliphatic rings. The molecule has 8 heteroatoms. The number of benzene rings is 1. The van der Waals surface area contributed by atoms with Crippen LogP contribution in [0, 0.1) is 16.7 Å². The highest BCUT2D eigenvalue weighted by Gasteiger charge is 2.60. The van der Waals surface area contributed by atoms with E-state index in [0.717, 1.165) is 23.0 Å². The van der Waals surface area contributed by atoms with Gasteiger partial charge in [-0.1, -0.05) is 31.3 Å². The van der Waals surface area contributed by atoms with Crippen LogP contribution in [0.4, 0.5) is 0 Å². The van der Waals surface area contributed by atoms with Gasteiger partial charge in [0, 0.05) is 23.7 Å². The van der Waals surface area contributed by atoms with Crippen LogP contribution in [0.25, 0.3) is 0 Å². The van der Waals surface area contributed by atoms with E-state index in [4.69, 9.17) is 4.84 Å². The highest BCUT2D eigenvalue weighted by atomic mass is 32.2. The number of hydrogen-bond acceptors (Lipinski definition) is 5. The SMILES string of the molecule is CON(C)S(=O)(=O)c1cccc(C(=O)N/N=C2/C[C@@H]3CC[C@@]2(C)C3(C)C)c1. The molecular weight excluding hydrogens is 366 g/mol. The lowest BCUT2D eigenvalue weighted by atomic mass is 9.70. The molecule has 2 atom stereocenters. The number of hydroxylamine groups is 1. The van der Waals surface area contributed by atoms with Crippen molar-refractivity contribution in [3.8, 4) is 0 Å². The number of carbonyl (C=O) groups is 1. The summed E-state index contributed by atoms with van der Waals surface area (Å²) in [7, 11) is -1.25. The summed E-state index contributed by atoms with van der Waals surface area (Å²) in [5, 5.41) is 4.43. The van der Waals surface area contributed by atoms with Gasteiger partial charge in [-0.15, -0.1) is 0 Å². The number of nitrogens with one attached hydrogen (secondary N) is 1. The molecule has 2 aliphatic carbocycles. The Kier molecular flexibility index (Phi) is 4.95. The Morgan fingerprint density at radius 1 is 1.33 bits per heavy atom. The van der Waals surface area contributed by atoms with E-state index < -0.39 is 15.9 Å². The van der Waals surface area contributed by atoms with E-state index in [1.807, 2.05) is 0 Å². The highest BCUT2D eigenvalue weighted by molar-refractivity contribution is 7.89. The summed E-state index contributed by atoms with van der Waals surface area (Å²) in [5.41, 5.74) is 4.05. The van der Waals surface area contributed by atoms with Gasteiger partial charge in [-0.25, -0.2) is 13.8 Å². The minimum Gasteiger partial charge on any atom is -0.288 e. The summed E-state index contributed by atoms with van der Waals surface area (Å²) >= 11 is 0. The number of sulfonamides is 1. The van der Waals surface area contributed by atoms with Gasteiger partial charge in [-0.3, -0.25) is 9.63 Å². The minimum atomic E-state index is -3.81. The van der Waals surface area contributed by atoms with Gasteiger partial charge >= 0.3 is 0 Å². The van der Waals surface area contributed by atoms with Crippen LogP contribution in [0.3, 0.4) is 0 Å². The van der Waals surface area contributed by atoms with Crippen LogP contribution in [0.15, 0.2) is 34.3 Å². The molecule has 7 nitrogen and oxygen atoms in total. The molecule has 0 aliphatic heterocycles. The molecule has 1 aromatic carbocycles. The predicted molar refractivity (Wildman–Crippen MR) is 103 cm³/mol. The molecule has 0 unspecified atom stereocenters. The molecule has 27 heavy (non-hydrogen) atoms. The molecule has 1 N–H and O–H groups in total. The maximum Gasteiger partial charge on any atom is 0.271 e. The third kappa shape index (κ3) is 3.09. The van der Waals surface area contributed by atoms with Gasteiger partial charge in [-0.2, -0.15) is 5.10 Å². The molecule has 0 spiro atoms. The van der Waals surface area contributed by atoms with Crippen LogP contribution in [-0.4, -0.2) is 38.7 Å². The highest BCUT2D eigenvalue weighted by Crippen LogP contribution is 2.63. The Balaban J connectivity index is 1.80. The van der Waals surface area contributed by atoms with E-state index in [-0.39, 0.29) is 21.3 Å². The topological polar surface area (TPSA) is 88.1 Å². The van der Waals surface area contributed by atoms with Gasteiger partial charge in [0.25, 0.3) is 15.9 Å². The average molecular weight is 394 g/mol. The van der Waals surface area contributed by atoms with Gasteiger partial charge < -0.3 is 0 Å². The van der Waals surface area contributed by atoms with Crippen molar-refractivity contribution in [2.45, 2.75) is 44.9 Å². The maximum absolute atomic E-state index is 12.5. The Labute approximate surface area is 160 Å². The smallest absolute Gasteiger partial charge is 0.271 e. The number of fused-ring (bicyclic) bond motifs is 2. The van der Waals surface area contributed by atoms with Gasteiger partial charge in [0.15, 0.2) is 0 Å². The third-order valence-electron chi connectivity index (χ3n) is 6.79. The normalized spacial score (nSPS) is 28.1. The van der Waals surface area contributed by atoms with Crippen LogP contribution in [-0.2, 0) is 14.9 Å².